The van der Waals surface area contributed by atoms with Crippen LogP contribution in [0.5, 0.6) is 0 Å². The molecule has 7 nitrogen and oxygen atoms in total. The van der Waals surface area contributed by atoms with Crippen molar-refractivity contribution >= 4 is 34.9 Å². The summed E-state index contributed by atoms with van der Waals surface area (Å²) >= 11 is 12.5. The highest BCUT2D eigenvalue weighted by Gasteiger charge is 2.23. The molecule has 0 saturated heterocycles. The molecule has 0 bridgehead atoms. The van der Waals surface area contributed by atoms with Crippen molar-refractivity contribution in [3.05, 3.63) is 75.3 Å². The van der Waals surface area contributed by atoms with Gasteiger partial charge in [-0.15, -0.1) is 5.10 Å². The maximum atomic E-state index is 13.3. The van der Waals surface area contributed by atoms with Gasteiger partial charge < -0.3 is 10.2 Å². The molecule has 0 spiro atoms. The molecule has 0 radical (unpaired) electrons. The van der Waals surface area contributed by atoms with E-state index in [0.29, 0.717) is 45.8 Å². The van der Waals surface area contributed by atoms with Gasteiger partial charge in [0.25, 0.3) is 5.91 Å². The summed E-state index contributed by atoms with van der Waals surface area (Å²) in [5.74, 6) is -0.112. The second-order valence-electron chi connectivity index (χ2n) is 7.23. The third kappa shape index (κ3) is 5.31. The van der Waals surface area contributed by atoms with Crippen LogP contribution in [0.25, 0.3) is 5.69 Å². The maximum Gasteiger partial charge on any atom is 0.290 e. The highest BCUT2D eigenvalue weighted by molar-refractivity contribution is 6.35. The Kier molecular flexibility index (Phi) is 7.43. The summed E-state index contributed by atoms with van der Waals surface area (Å²) < 4.78 is 1.52. The van der Waals surface area contributed by atoms with Crippen molar-refractivity contribution in [2.24, 2.45) is 0 Å². The predicted molar refractivity (Wildman–Crippen MR) is 121 cm³/mol. The van der Waals surface area contributed by atoms with Crippen LogP contribution in [0.15, 0.2) is 42.5 Å². The summed E-state index contributed by atoms with van der Waals surface area (Å²) in [6.07, 6.45) is 0.796. The third-order valence-corrected chi connectivity index (χ3v) is 4.99. The highest BCUT2D eigenvalue weighted by atomic mass is 35.5. The fraction of sp³-hybridized carbons (Fsp3) is 0.273. The van der Waals surface area contributed by atoms with E-state index >= 15 is 0 Å². The second kappa shape index (κ2) is 10.0. The minimum absolute atomic E-state index is 0.0383. The van der Waals surface area contributed by atoms with E-state index in [1.165, 1.54) is 4.68 Å². The molecule has 3 rings (SSSR count). The average molecular weight is 460 g/mol. The number of carbonyl (C=O) groups is 2. The molecule has 0 aliphatic rings. The zero-order valence-electron chi connectivity index (χ0n) is 17.5. The normalized spacial score (nSPS) is 11.0. The third-order valence-electron chi connectivity index (χ3n) is 4.42. The summed E-state index contributed by atoms with van der Waals surface area (Å²) in [6, 6.07) is 11.7. The van der Waals surface area contributed by atoms with E-state index in [-0.39, 0.29) is 17.5 Å². The van der Waals surface area contributed by atoms with Gasteiger partial charge in [-0.1, -0.05) is 42.3 Å². The number of rotatable bonds is 8. The zero-order chi connectivity index (χ0) is 22.5. The Morgan fingerprint density at radius 3 is 2.52 bits per heavy atom. The van der Waals surface area contributed by atoms with E-state index in [9.17, 15) is 9.59 Å². The van der Waals surface area contributed by atoms with E-state index < -0.39 is 0 Å². The van der Waals surface area contributed by atoms with E-state index in [1.807, 2.05) is 25.9 Å². The molecule has 2 aromatic carbocycles. The van der Waals surface area contributed by atoms with Crippen LogP contribution in [0.3, 0.4) is 0 Å². The first kappa shape index (κ1) is 22.9. The molecule has 0 aliphatic carbocycles. The number of hydrogen-bond donors (Lipinski definition) is 1. The Morgan fingerprint density at radius 1 is 1.10 bits per heavy atom. The topological polar surface area (TPSA) is 80.1 Å². The van der Waals surface area contributed by atoms with E-state index in [0.717, 1.165) is 6.42 Å². The van der Waals surface area contributed by atoms with Crippen LogP contribution < -0.4 is 5.32 Å². The summed E-state index contributed by atoms with van der Waals surface area (Å²) in [6.45, 7) is 2.90. The van der Waals surface area contributed by atoms with E-state index in [2.05, 4.69) is 15.4 Å². The number of amides is 1. The van der Waals surface area contributed by atoms with E-state index in [4.69, 9.17) is 23.2 Å². The first-order valence-electron chi connectivity index (χ1n) is 9.79. The lowest BCUT2D eigenvalue weighted by Gasteiger charge is -2.14. The van der Waals surface area contributed by atoms with E-state index in [1.54, 1.807) is 42.5 Å². The molecule has 1 N–H and O–H groups in total. The number of aromatic nitrogens is 3. The fourth-order valence-electron chi connectivity index (χ4n) is 3.00. The second-order valence-corrected chi connectivity index (χ2v) is 8.07. The lowest BCUT2D eigenvalue weighted by atomic mass is 10.0. The van der Waals surface area contributed by atoms with Crippen molar-refractivity contribution in [3.8, 4) is 5.69 Å². The van der Waals surface area contributed by atoms with Crippen molar-refractivity contribution in [1.82, 2.24) is 25.0 Å². The van der Waals surface area contributed by atoms with Gasteiger partial charge in [-0.05, 0) is 50.8 Å². The lowest BCUT2D eigenvalue weighted by molar-refractivity contribution is 0.0943. The number of ketones is 1. The largest absolute Gasteiger partial charge is 0.349 e. The quantitative estimate of drug-likeness (QED) is 0.514. The molecular weight excluding hydrogens is 437 g/mol. The molecule has 1 amide bonds. The van der Waals surface area contributed by atoms with Gasteiger partial charge >= 0.3 is 0 Å². The predicted octanol–water partition coefficient (Wildman–Crippen LogP) is 4.01. The van der Waals surface area contributed by atoms with Crippen molar-refractivity contribution < 1.29 is 9.59 Å². The molecule has 0 atom stereocenters. The molecule has 1 heterocycles. The molecule has 0 fully saturated rings. The Bertz CT molecular complexity index is 1110. The number of halogens is 2. The molecular formula is C22H23Cl2N5O2. The van der Waals surface area contributed by atoms with Gasteiger partial charge in [-0.3, -0.25) is 9.59 Å². The van der Waals surface area contributed by atoms with Crippen LogP contribution in [0.1, 0.15) is 45.7 Å². The highest BCUT2D eigenvalue weighted by Crippen LogP contribution is 2.26. The number of benzene rings is 2. The minimum atomic E-state index is -0.367. The standard InChI is InChI=1S/C22H23Cl2N5O2/c1-4-11-25-22(31)21-26-19(13-28(2)3)29(27-21)18-10-9-14(23)12-16(18)20(30)15-7-5-6-8-17(15)24/h5-10,12H,4,11,13H2,1-3H3,(H,25,31). The molecule has 9 heteroatoms. The maximum absolute atomic E-state index is 13.3. The SMILES string of the molecule is CCCNC(=O)c1nc(CN(C)C)n(-c2ccc(Cl)cc2C(=O)c2ccccc2Cl)n1. The lowest BCUT2D eigenvalue weighted by Crippen LogP contribution is -2.25. The fourth-order valence-corrected chi connectivity index (χ4v) is 3.40. The molecule has 0 unspecified atom stereocenters. The van der Waals surface area contributed by atoms with Crippen LogP contribution in [0.4, 0.5) is 0 Å². The first-order valence-corrected chi connectivity index (χ1v) is 10.6. The van der Waals surface area contributed by atoms with Gasteiger partial charge in [-0.2, -0.15) is 0 Å². The van der Waals surface area contributed by atoms with Crippen LogP contribution in [0, 0.1) is 0 Å². The zero-order valence-corrected chi connectivity index (χ0v) is 19.0. The summed E-state index contributed by atoms with van der Waals surface area (Å²) in [7, 11) is 3.76. The van der Waals surface area contributed by atoms with Gasteiger partial charge in [0.15, 0.2) is 5.78 Å². The Labute approximate surface area is 191 Å². The molecule has 3 aromatic rings. The molecule has 1 aromatic heterocycles. The van der Waals surface area contributed by atoms with Crippen LogP contribution in [-0.4, -0.2) is 52.0 Å². The summed E-state index contributed by atoms with van der Waals surface area (Å²) in [5, 5.41) is 7.93. The van der Waals surface area contributed by atoms with Crippen molar-refractivity contribution in [2.75, 3.05) is 20.6 Å². The first-order chi connectivity index (χ1) is 14.8. The van der Waals surface area contributed by atoms with Crippen molar-refractivity contribution in [3.63, 3.8) is 0 Å². The number of nitrogens with one attached hydrogen (secondary N) is 1. The molecule has 162 valence electrons. The van der Waals surface area contributed by atoms with Gasteiger partial charge in [0.1, 0.15) is 5.82 Å². The summed E-state index contributed by atoms with van der Waals surface area (Å²) in [5.41, 5.74) is 1.13. The van der Waals surface area contributed by atoms with Crippen LogP contribution in [-0.2, 0) is 6.54 Å². The number of carbonyl (C=O) groups excluding carboxylic acids is 2. The number of nitrogens with zero attached hydrogens (tertiary/aromatic N) is 4. The molecule has 0 aliphatic heterocycles. The smallest absolute Gasteiger partial charge is 0.290 e. The monoisotopic (exact) mass is 459 g/mol. The Balaban J connectivity index is 2.14. The molecule has 31 heavy (non-hydrogen) atoms. The van der Waals surface area contributed by atoms with Crippen molar-refractivity contribution in [1.29, 1.82) is 0 Å². The molecule has 0 saturated carbocycles. The van der Waals surface area contributed by atoms with Gasteiger partial charge in [-0.25, -0.2) is 9.67 Å². The van der Waals surface area contributed by atoms with Gasteiger partial charge in [0.05, 0.1) is 17.3 Å². The average Bonchev–Trinajstić information content (AvgIpc) is 3.14. The van der Waals surface area contributed by atoms with Crippen LogP contribution >= 0.6 is 23.2 Å². The van der Waals surface area contributed by atoms with Crippen LogP contribution in [0.2, 0.25) is 10.0 Å². The minimum Gasteiger partial charge on any atom is -0.349 e. The summed E-state index contributed by atoms with van der Waals surface area (Å²) in [4.78, 5) is 32.1. The Hall–Kier alpha value is -2.74. The Morgan fingerprint density at radius 2 is 1.84 bits per heavy atom. The van der Waals surface area contributed by atoms with Gasteiger partial charge in [0.2, 0.25) is 5.82 Å². The number of hydrogen-bond acceptors (Lipinski definition) is 5. The van der Waals surface area contributed by atoms with Crippen molar-refractivity contribution in [2.45, 2.75) is 19.9 Å². The van der Waals surface area contributed by atoms with Gasteiger partial charge in [0, 0.05) is 22.7 Å².